The molecule has 0 radical (unpaired) electrons. The van der Waals surface area contributed by atoms with Crippen LogP contribution in [0.1, 0.15) is 86.0 Å². The Balaban J connectivity index is 0.935. The van der Waals surface area contributed by atoms with Gasteiger partial charge < -0.3 is 89.3 Å². The molecule has 356 valence electrons. The Morgan fingerprint density at radius 3 is 2.26 bits per heavy atom. The largest absolute Gasteiger partial charge is 0.394 e. The standard InChI is InChI=1S/C44H72O18/c1-18(16-56-39-36(53)35(52)33(50)28(15-45)59-39)8-11-44(55)19(2)30-27(62-44)14-25-23-7-6-21-12-22(46)13-29(43(21,5)24(23)9-10-42(25,30)4)60-41-38(32(49)26(47)17-57-41)61-40-37(54)34(51)31(48)20(3)58-40/h6,18-20,22-41,45-55H,7-17H2,1-5H3/t18-,19-,20-,22+,23-,24-,25-,26+,27-,28+,29+,30-,31-,32+,33-,34+,35-,36-,37+,38+,39-,40-,41+,42-,43-,44+/m0/s1. The van der Waals surface area contributed by atoms with Crippen LogP contribution in [0.15, 0.2) is 11.6 Å². The fraction of sp³-hybridized carbons (Fsp3) is 0.955. The van der Waals surface area contributed by atoms with Crippen molar-refractivity contribution < 1.29 is 89.3 Å². The van der Waals surface area contributed by atoms with Crippen molar-refractivity contribution in [1.82, 2.24) is 0 Å². The van der Waals surface area contributed by atoms with Crippen LogP contribution >= 0.6 is 0 Å². The van der Waals surface area contributed by atoms with Gasteiger partial charge in [-0.25, -0.2) is 0 Å². The quantitative estimate of drug-likeness (QED) is 0.108. The molecule has 3 saturated carbocycles. The number of allylic oxidation sites excluding steroid dienone is 1. The van der Waals surface area contributed by atoms with Crippen molar-refractivity contribution in [3.05, 3.63) is 11.6 Å². The zero-order valence-corrected chi connectivity index (χ0v) is 36.4. The first-order chi connectivity index (χ1) is 29.2. The van der Waals surface area contributed by atoms with Crippen LogP contribution < -0.4 is 0 Å². The lowest BCUT2D eigenvalue weighted by Gasteiger charge is -2.60. The van der Waals surface area contributed by atoms with E-state index in [1.807, 2.05) is 6.92 Å². The molecule has 0 aromatic heterocycles. The van der Waals surface area contributed by atoms with E-state index in [0.717, 1.165) is 31.3 Å². The van der Waals surface area contributed by atoms with Crippen LogP contribution in [-0.2, 0) is 33.2 Å². The van der Waals surface area contributed by atoms with Gasteiger partial charge in [-0.15, -0.1) is 0 Å². The molecule has 11 N–H and O–H groups in total. The van der Waals surface area contributed by atoms with E-state index in [1.54, 1.807) is 0 Å². The van der Waals surface area contributed by atoms with Crippen LogP contribution in [0.5, 0.6) is 0 Å². The van der Waals surface area contributed by atoms with Gasteiger partial charge in [0, 0.05) is 24.2 Å². The minimum Gasteiger partial charge on any atom is -0.394 e. The van der Waals surface area contributed by atoms with Gasteiger partial charge in [-0.05, 0) is 80.5 Å². The molecule has 4 aliphatic carbocycles. The van der Waals surface area contributed by atoms with Crippen molar-refractivity contribution in [3.63, 3.8) is 0 Å². The van der Waals surface area contributed by atoms with Gasteiger partial charge in [0.05, 0.1) is 44.2 Å². The van der Waals surface area contributed by atoms with Crippen LogP contribution in [0.3, 0.4) is 0 Å². The molecule has 26 atom stereocenters. The number of fused-ring (bicyclic) bond motifs is 7. The number of hydrogen-bond acceptors (Lipinski definition) is 18. The Morgan fingerprint density at radius 2 is 1.53 bits per heavy atom. The summed E-state index contributed by atoms with van der Waals surface area (Å²) in [7, 11) is 0. The summed E-state index contributed by atoms with van der Waals surface area (Å²) in [5, 5.41) is 117. The lowest BCUT2D eigenvalue weighted by Crippen LogP contribution is -2.63. The van der Waals surface area contributed by atoms with E-state index in [9.17, 15) is 56.2 Å². The van der Waals surface area contributed by atoms with Gasteiger partial charge in [-0.2, -0.15) is 0 Å². The Hall–Kier alpha value is -0.980. The third-order valence-electron chi connectivity index (χ3n) is 17.1. The minimum atomic E-state index is -1.66. The topological polar surface area (TPSA) is 287 Å². The highest BCUT2D eigenvalue weighted by Crippen LogP contribution is 2.70. The van der Waals surface area contributed by atoms with Gasteiger partial charge >= 0.3 is 0 Å². The predicted molar refractivity (Wildman–Crippen MR) is 213 cm³/mol. The smallest absolute Gasteiger partial charge is 0.187 e. The normalized spacial score (nSPS) is 55.7. The number of aliphatic hydroxyl groups excluding tert-OH is 10. The van der Waals surface area contributed by atoms with E-state index in [0.29, 0.717) is 25.7 Å². The van der Waals surface area contributed by atoms with Gasteiger partial charge in [0.25, 0.3) is 0 Å². The first-order valence-electron chi connectivity index (χ1n) is 22.9. The van der Waals surface area contributed by atoms with E-state index in [4.69, 9.17) is 33.2 Å². The molecule has 8 aliphatic rings. The predicted octanol–water partition coefficient (Wildman–Crippen LogP) is -1.22. The van der Waals surface area contributed by atoms with Crippen LogP contribution in [0, 0.1) is 46.3 Å². The average molecular weight is 889 g/mol. The van der Waals surface area contributed by atoms with Crippen molar-refractivity contribution >= 4 is 0 Å². The number of aliphatic hydroxyl groups is 11. The second-order valence-electron chi connectivity index (χ2n) is 20.7. The molecule has 0 unspecified atom stereocenters. The second-order valence-corrected chi connectivity index (χ2v) is 20.7. The van der Waals surface area contributed by atoms with Crippen molar-refractivity contribution in [2.45, 2.75) is 196 Å². The second kappa shape index (κ2) is 17.9. The molecule has 18 heteroatoms. The maximum atomic E-state index is 12.1. The Kier molecular flexibility index (Phi) is 13.7. The van der Waals surface area contributed by atoms with Crippen LogP contribution in [0.4, 0.5) is 0 Å². The van der Waals surface area contributed by atoms with Gasteiger partial charge in [0.1, 0.15) is 61.0 Å². The lowest BCUT2D eigenvalue weighted by atomic mass is 9.46. The molecule has 0 spiro atoms. The van der Waals surface area contributed by atoms with Gasteiger partial charge in [-0.3, -0.25) is 0 Å². The van der Waals surface area contributed by atoms with E-state index in [1.165, 1.54) is 6.92 Å². The molecular weight excluding hydrogens is 816 g/mol. The monoisotopic (exact) mass is 888 g/mol. The lowest BCUT2D eigenvalue weighted by molar-refractivity contribution is -0.362. The fourth-order valence-electron chi connectivity index (χ4n) is 13.3. The SMILES string of the molecule is C[C@@H](CC[C@@]1(O)O[C@H]2C[C@H]3[C@H]4CC=C5C[C@@H](O)C[C@@H](O[C@H]6OC[C@@H](O)[C@@H](O)[C@H]6O[C@@H]6O[C@@H](C)[C@H](O)[C@@H](O)[C@H]6O)[C@]5(C)[C@H]4CC[C@]3(C)[C@H]2[C@@H]1C)CO[C@H]1O[C@H](CO)[C@H](O)[C@H](O)[C@@H]1O. The number of hydrogen-bond donors (Lipinski definition) is 11. The summed E-state index contributed by atoms with van der Waals surface area (Å²) in [6, 6.07) is 0. The van der Waals surface area contributed by atoms with Crippen molar-refractivity contribution in [3.8, 4) is 0 Å². The highest BCUT2D eigenvalue weighted by molar-refractivity contribution is 5.28. The maximum absolute atomic E-state index is 12.1. The Labute approximate surface area is 362 Å². The van der Waals surface area contributed by atoms with Gasteiger partial charge in [-0.1, -0.05) is 39.3 Å². The highest BCUT2D eigenvalue weighted by Gasteiger charge is 2.69. The summed E-state index contributed by atoms with van der Waals surface area (Å²) >= 11 is 0. The molecule has 7 fully saturated rings. The maximum Gasteiger partial charge on any atom is 0.187 e. The molecule has 4 saturated heterocycles. The number of ether oxygens (including phenoxy) is 7. The van der Waals surface area contributed by atoms with Crippen LogP contribution in [0.2, 0.25) is 0 Å². The molecular formula is C44H72O18. The summed E-state index contributed by atoms with van der Waals surface area (Å²) in [5.74, 6) is -0.790. The van der Waals surface area contributed by atoms with Gasteiger partial charge in [0.15, 0.2) is 24.7 Å². The summed E-state index contributed by atoms with van der Waals surface area (Å²) in [4.78, 5) is 0. The molecule has 0 bridgehead atoms. The van der Waals surface area contributed by atoms with Crippen LogP contribution in [0.25, 0.3) is 0 Å². The Bertz CT molecular complexity index is 1590. The zero-order chi connectivity index (χ0) is 44.8. The van der Waals surface area contributed by atoms with Crippen molar-refractivity contribution in [2.75, 3.05) is 19.8 Å². The molecule has 18 nitrogen and oxygen atoms in total. The fourth-order valence-corrected chi connectivity index (χ4v) is 13.3. The minimum absolute atomic E-state index is 0.0819. The highest BCUT2D eigenvalue weighted by atomic mass is 16.8. The zero-order valence-electron chi connectivity index (χ0n) is 36.4. The molecule has 62 heavy (non-hydrogen) atoms. The number of rotatable bonds is 11. The molecule has 0 amide bonds. The van der Waals surface area contributed by atoms with Crippen molar-refractivity contribution in [2.24, 2.45) is 46.3 Å². The Morgan fingerprint density at radius 1 is 0.823 bits per heavy atom. The summed E-state index contributed by atoms with van der Waals surface area (Å²) in [6.45, 7) is 9.45. The van der Waals surface area contributed by atoms with E-state index >= 15 is 0 Å². The third-order valence-corrected chi connectivity index (χ3v) is 17.1. The first-order valence-corrected chi connectivity index (χ1v) is 22.9. The molecule has 4 heterocycles. The van der Waals surface area contributed by atoms with Crippen LogP contribution in [-0.4, -0.2) is 186 Å². The summed E-state index contributed by atoms with van der Waals surface area (Å²) in [6.07, 6.45) is -13.2. The molecule has 0 aromatic carbocycles. The van der Waals surface area contributed by atoms with E-state index in [-0.39, 0.29) is 60.2 Å². The molecule has 0 aromatic rings. The van der Waals surface area contributed by atoms with Crippen molar-refractivity contribution in [1.29, 1.82) is 0 Å². The molecule has 8 rings (SSSR count). The first kappa shape index (κ1) is 47.5. The van der Waals surface area contributed by atoms with E-state index in [2.05, 4.69) is 26.8 Å². The summed E-state index contributed by atoms with van der Waals surface area (Å²) < 4.78 is 42.5. The summed E-state index contributed by atoms with van der Waals surface area (Å²) in [5.41, 5.74) is 0.452. The van der Waals surface area contributed by atoms with E-state index < -0.39 is 116 Å². The third kappa shape index (κ3) is 8.06. The average Bonchev–Trinajstić information content (AvgIpc) is 3.67. The molecule has 4 aliphatic heterocycles. The van der Waals surface area contributed by atoms with Gasteiger partial charge in [0.2, 0.25) is 0 Å².